The molecule has 1 saturated heterocycles. The summed E-state index contributed by atoms with van der Waals surface area (Å²) in [6.07, 6.45) is 6.35. The van der Waals surface area contributed by atoms with Gasteiger partial charge in [0.2, 0.25) is 0 Å². The summed E-state index contributed by atoms with van der Waals surface area (Å²) in [7, 11) is 1.50. The number of rotatable bonds is 2. The molecular weight excluding hydrogens is 266 g/mol. The Morgan fingerprint density at radius 3 is 2.71 bits per heavy atom. The lowest BCUT2D eigenvalue weighted by molar-refractivity contribution is 0.0520. The van der Waals surface area contributed by atoms with Crippen molar-refractivity contribution < 1.29 is 14.6 Å². The first-order valence-corrected chi connectivity index (χ1v) is 7.85. The molecule has 2 unspecified atom stereocenters. The Kier molecular flexibility index (Phi) is 4.04. The van der Waals surface area contributed by atoms with Crippen molar-refractivity contribution in [1.82, 2.24) is 4.90 Å². The molecule has 0 aromatic heterocycles. The summed E-state index contributed by atoms with van der Waals surface area (Å²) < 4.78 is 5.02. The van der Waals surface area contributed by atoms with E-state index >= 15 is 0 Å². The second-order valence-electron chi connectivity index (χ2n) is 6.23. The van der Waals surface area contributed by atoms with Crippen molar-refractivity contribution in [1.29, 1.82) is 0 Å². The number of nitrogens with zero attached hydrogens (tertiary/aromatic N) is 1. The van der Waals surface area contributed by atoms with Crippen LogP contribution in [0.2, 0.25) is 0 Å². The van der Waals surface area contributed by atoms with Crippen LogP contribution in [-0.4, -0.2) is 36.1 Å². The molecule has 4 heteroatoms. The highest BCUT2D eigenvalue weighted by Crippen LogP contribution is 2.36. The van der Waals surface area contributed by atoms with Gasteiger partial charge in [-0.05, 0) is 42.9 Å². The third kappa shape index (κ3) is 2.85. The summed E-state index contributed by atoms with van der Waals surface area (Å²) in [4.78, 5) is 14.6. The second-order valence-corrected chi connectivity index (χ2v) is 6.23. The first kappa shape index (κ1) is 14.2. The number of hydrogen-bond donors (Lipinski definition) is 1. The van der Waals surface area contributed by atoms with Gasteiger partial charge in [0, 0.05) is 18.7 Å². The largest absolute Gasteiger partial charge is 0.504 e. The fourth-order valence-electron chi connectivity index (χ4n) is 3.79. The zero-order valence-corrected chi connectivity index (χ0v) is 12.5. The summed E-state index contributed by atoms with van der Waals surface area (Å²) in [6, 6.07) is 4.89. The summed E-state index contributed by atoms with van der Waals surface area (Å²) in [5.74, 6) is 1.93. The maximum atomic E-state index is 12.6. The molecule has 0 spiro atoms. The molecule has 0 bridgehead atoms. The van der Waals surface area contributed by atoms with E-state index in [1.807, 2.05) is 4.90 Å². The minimum atomic E-state index is 0.0240. The molecule has 4 nitrogen and oxygen atoms in total. The summed E-state index contributed by atoms with van der Waals surface area (Å²) in [5.41, 5.74) is 0.544. The van der Waals surface area contributed by atoms with Gasteiger partial charge in [0.1, 0.15) is 0 Å². The molecule has 2 fully saturated rings. The van der Waals surface area contributed by atoms with Gasteiger partial charge in [-0.15, -0.1) is 0 Å². The van der Waals surface area contributed by atoms with E-state index in [2.05, 4.69) is 0 Å². The van der Waals surface area contributed by atoms with Crippen molar-refractivity contribution in [2.24, 2.45) is 11.8 Å². The lowest BCUT2D eigenvalue weighted by atomic mass is 9.75. The molecule has 1 aliphatic carbocycles. The lowest BCUT2D eigenvalue weighted by Gasteiger charge is -2.41. The Bertz CT molecular complexity index is 529. The molecule has 1 aliphatic heterocycles. The number of amides is 1. The third-order valence-electron chi connectivity index (χ3n) is 5.00. The normalized spacial score (nSPS) is 25.3. The molecule has 1 N–H and O–H groups in total. The first-order valence-electron chi connectivity index (χ1n) is 7.85. The summed E-state index contributed by atoms with van der Waals surface area (Å²) in [5, 5.41) is 9.83. The number of benzene rings is 1. The SMILES string of the molecule is COc1ccc(C(=O)N2CCC3CCCCC3C2)cc1O. The molecule has 1 heterocycles. The molecule has 1 aromatic carbocycles. The number of carbonyl (C=O) groups is 1. The molecule has 2 atom stereocenters. The number of fused-ring (bicyclic) bond motifs is 1. The lowest BCUT2D eigenvalue weighted by Crippen LogP contribution is -2.44. The number of likely N-dealkylation sites (tertiary alicyclic amines) is 1. The van der Waals surface area contributed by atoms with Crippen molar-refractivity contribution in [3.63, 3.8) is 0 Å². The van der Waals surface area contributed by atoms with Crippen LogP contribution in [-0.2, 0) is 0 Å². The topological polar surface area (TPSA) is 49.8 Å². The number of ether oxygens (including phenoxy) is 1. The molecular formula is C17H23NO3. The Hall–Kier alpha value is -1.71. The number of piperidine rings is 1. The number of carbonyl (C=O) groups excluding carboxylic acids is 1. The molecule has 21 heavy (non-hydrogen) atoms. The van der Waals surface area contributed by atoms with Gasteiger partial charge in [-0.2, -0.15) is 0 Å². The maximum Gasteiger partial charge on any atom is 0.254 e. The van der Waals surface area contributed by atoms with Crippen molar-refractivity contribution in [2.75, 3.05) is 20.2 Å². The minimum Gasteiger partial charge on any atom is -0.504 e. The summed E-state index contributed by atoms with van der Waals surface area (Å²) >= 11 is 0. The van der Waals surface area contributed by atoms with E-state index in [9.17, 15) is 9.90 Å². The van der Waals surface area contributed by atoms with Crippen LogP contribution in [0.5, 0.6) is 11.5 Å². The van der Waals surface area contributed by atoms with Gasteiger partial charge in [0.25, 0.3) is 5.91 Å². The first-order chi connectivity index (χ1) is 10.2. The van der Waals surface area contributed by atoms with Gasteiger partial charge in [-0.3, -0.25) is 4.79 Å². The molecule has 3 rings (SSSR count). The van der Waals surface area contributed by atoms with E-state index in [4.69, 9.17) is 4.74 Å². The van der Waals surface area contributed by atoms with E-state index in [-0.39, 0.29) is 11.7 Å². The average Bonchev–Trinajstić information content (AvgIpc) is 2.53. The van der Waals surface area contributed by atoms with Crippen LogP contribution in [0.15, 0.2) is 18.2 Å². The van der Waals surface area contributed by atoms with Gasteiger partial charge in [0.05, 0.1) is 7.11 Å². The monoisotopic (exact) mass is 289 g/mol. The highest BCUT2D eigenvalue weighted by molar-refractivity contribution is 5.95. The number of hydrogen-bond acceptors (Lipinski definition) is 3. The zero-order valence-electron chi connectivity index (χ0n) is 12.5. The smallest absolute Gasteiger partial charge is 0.254 e. The zero-order chi connectivity index (χ0) is 14.8. The highest BCUT2D eigenvalue weighted by Gasteiger charge is 2.33. The average molecular weight is 289 g/mol. The Labute approximate surface area is 125 Å². The van der Waals surface area contributed by atoms with E-state index in [1.165, 1.54) is 38.9 Å². The van der Waals surface area contributed by atoms with Crippen LogP contribution < -0.4 is 4.74 Å². The Balaban J connectivity index is 1.71. The maximum absolute atomic E-state index is 12.6. The van der Waals surface area contributed by atoms with Crippen LogP contribution in [0.4, 0.5) is 0 Å². The van der Waals surface area contributed by atoms with Gasteiger partial charge in [0.15, 0.2) is 11.5 Å². The van der Waals surface area contributed by atoms with Crippen LogP contribution in [0, 0.1) is 11.8 Å². The van der Waals surface area contributed by atoms with Crippen molar-refractivity contribution in [3.05, 3.63) is 23.8 Å². The standard InChI is InChI=1S/C17H23NO3/c1-21-16-7-6-13(10-15(16)19)17(20)18-9-8-12-4-2-3-5-14(12)11-18/h6-7,10,12,14,19H,2-5,8-9,11H2,1H3. The summed E-state index contributed by atoms with van der Waals surface area (Å²) in [6.45, 7) is 1.71. The number of phenolic OH excluding ortho intramolecular Hbond substituents is 1. The molecule has 1 aromatic rings. The third-order valence-corrected chi connectivity index (χ3v) is 5.00. The van der Waals surface area contributed by atoms with Crippen LogP contribution in [0.3, 0.4) is 0 Å². The van der Waals surface area contributed by atoms with Crippen LogP contribution in [0.25, 0.3) is 0 Å². The van der Waals surface area contributed by atoms with Gasteiger partial charge >= 0.3 is 0 Å². The van der Waals surface area contributed by atoms with E-state index in [1.54, 1.807) is 12.1 Å². The second kappa shape index (κ2) is 5.96. The molecule has 114 valence electrons. The fourth-order valence-corrected chi connectivity index (χ4v) is 3.79. The molecule has 1 amide bonds. The predicted octanol–water partition coefficient (Wildman–Crippen LogP) is 3.05. The highest BCUT2D eigenvalue weighted by atomic mass is 16.5. The van der Waals surface area contributed by atoms with Gasteiger partial charge in [-0.1, -0.05) is 19.3 Å². The fraction of sp³-hybridized carbons (Fsp3) is 0.588. The van der Waals surface area contributed by atoms with Gasteiger partial charge in [-0.25, -0.2) is 0 Å². The van der Waals surface area contributed by atoms with Crippen LogP contribution >= 0.6 is 0 Å². The van der Waals surface area contributed by atoms with E-state index in [0.717, 1.165) is 25.4 Å². The molecule has 1 saturated carbocycles. The van der Waals surface area contributed by atoms with Crippen LogP contribution in [0.1, 0.15) is 42.5 Å². The predicted molar refractivity (Wildman–Crippen MR) is 80.6 cm³/mol. The quantitative estimate of drug-likeness (QED) is 0.910. The van der Waals surface area contributed by atoms with E-state index in [0.29, 0.717) is 17.2 Å². The van der Waals surface area contributed by atoms with Crippen molar-refractivity contribution >= 4 is 5.91 Å². The Morgan fingerprint density at radius 2 is 2.00 bits per heavy atom. The van der Waals surface area contributed by atoms with Gasteiger partial charge < -0.3 is 14.7 Å². The molecule has 2 aliphatic rings. The van der Waals surface area contributed by atoms with Crippen molar-refractivity contribution in [2.45, 2.75) is 32.1 Å². The van der Waals surface area contributed by atoms with Crippen molar-refractivity contribution in [3.8, 4) is 11.5 Å². The number of aromatic hydroxyl groups is 1. The Morgan fingerprint density at radius 1 is 1.24 bits per heavy atom. The number of phenols is 1. The van der Waals surface area contributed by atoms with E-state index < -0.39 is 0 Å². The number of methoxy groups -OCH3 is 1. The molecule has 0 radical (unpaired) electrons. The minimum absolute atomic E-state index is 0.0240.